The third-order valence-corrected chi connectivity index (χ3v) is 4.52. The fourth-order valence-corrected chi connectivity index (χ4v) is 2.52. The predicted octanol–water partition coefficient (Wildman–Crippen LogP) is 4.81. The van der Waals surface area contributed by atoms with E-state index in [4.69, 9.17) is 0 Å². The van der Waals surface area contributed by atoms with Crippen LogP contribution in [0, 0.1) is 6.92 Å². The van der Waals surface area contributed by atoms with Gasteiger partial charge in [0.25, 0.3) is 5.91 Å². The average molecular weight is 346 g/mol. The van der Waals surface area contributed by atoms with E-state index in [2.05, 4.69) is 52.4 Å². The summed E-state index contributed by atoms with van der Waals surface area (Å²) in [5, 5.41) is 3.04. The van der Waals surface area contributed by atoms with Gasteiger partial charge >= 0.3 is 0 Å². The van der Waals surface area contributed by atoms with Crippen molar-refractivity contribution in [3.05, 3.63) is 69.2 Å². The second-order valence-corrected chi connectivity index (χ2v) is 6.11. The molecule has 2 aromatic carbocycles. The quantitative estimate of drug-likeness (QED) is 0.846. The van der Waals surface area contributed by atoms with E-state index in [1.165, 1.54) is 5.56 Å². The summed E-state index contributed by atoms with van der Waals surface area (Å²) in [6.45, 7) is 6.14. The van der Waals surface area contributed by atoms with E-state index >= 15 is 0 Å². The van der Waals surface area contributed by atoms with Crippen LogP contribution in [0.5, 0.6) is 0 Å². The number of hydrogen-bond donors (Lipinski definition) is 1. The highest BCUT2D eigenvalue weighted by Crippen LogP contribution is 2.19. The van der Waals surface area contributed by atoms with E-state index in [0.717, 1.165) is 22.0 Å². The molecule has 2 nitrogen and oxygen atoms in total. The molecule has 21 heavy (non-hydrogen) atoms. The number of carbonyl (C=O) groups is 1. The van der Waals surface area contributed by atoms with Gasteiger partial charge in [0.1, 0.15) is 0 Å². The lowest BCUT2D eigenvalue weighted by Gasteiger charge is -2.15. The van der Waals surface area contributed by atoms with Crippen molar-refractivity contribution in [1.82, 2.24) is 5.32 Å². The first-order valence-electron chi connectivity index (χ1n) is 7.17. The van der Waals surface area contributed by atoms with Gasteiger partial charge in [-0.2, -0.15) is 0 Å². The Bertz CT molecular complexity index is 634. The first-order chi connectivity index (χ1) is 10.0. The molecule has 110 valence electrons. The monoisotopic (exact) mass is 345 g/mol. The Kier molecular flexibility index (Phi) is 5.18. The minimum Gasteiger partial charge on any atom is -0.346 e. The van der Waals surface area contributed by atoms with Crippen LogP contribution in [-0.4, -0.2) is 5.91 Å². The standard InChI is InChI=1S/C18H20BrNO/c1-4-14-6-9-15(10-7-14)13(3)20-18(21)16-8-5-12(2)17(19)11-16/h5-11,13H,4H2,1-3H3,(H,20,21). The third kappa shape index (κ3) is 3.94. The average Bonchev–Trinajstić information content (AvgIpc) is 2.50. The maximum atomic E-state index is 12.3. The molecule has 1 N–H and O–H groups in total. The molecule has 2 rings (SSSR count). The molecule has 0 aromatic heterocycles. The molecular weight excluding hydrogens is 326 g/mol. The zero-order valence-electron chi connectivity index (χ0n) is 12.6. The molecule has 0 saturated heterocycles. The molecule has 0 radical (unpaired) electrons. The van der Waals surface area contributed by atoms with Crippen LogP contribution in [0.2, 0.25) is 0 Å². The summed E-state index contributed by atoms with van der Waals surface area (Å²) in [6.07, 6.45) is 1.03. The summed E-state index contributed by atoms with van der Waals surface area (Å²) in [7, 11) is 0. The minimum absolute atomic E-state index is 0.0107. The largest absolute Gasteiger partial charge is 0.346 e. The lowest BCUT2D eigenvalue weighted by Crippen LogP contribution is -2.26. The summed E-state index contributed by atoms with van der Waals surface area (Å²) < 4.78 is 0.954. The Morgan fingerprint density at radius 3 is 2.43 bits per heavy atom. The highest BCUT2D eigenvalue weighted by Gasteiger charge is 2.12. The van der Waals surface area contributed by atoms with Crippen molar-refractivity contribution in [2.45, 2.75) is 33.2 Å². The second-order valence-electron chi connectivity index (χ2n) is 5.25. The van der Waals surface area contributed by atoms with E-state index < -0.39 is 0 Å². The fourth-order valence-electron chi connectivity index (χ4n) is 2.14. The summed E-state index contributed by atoms with van der Waals surface area (Å²) >= 11 is 3.46. The van der Waals surface area contributed by atoms with Crippen LogP contribution >= 0.6 is 15.9 Å². The van der Waals surface area contributed by atoms with E-state index in [1.807, 2.05) is 32.0 Å². The topological polar surface area (TPSA) is 29.1 Å². The normalized spacial score (nSPS) is 12.0. The fraction of sp³-hybridized carbons (Fsp3) is 0.278. The smallest absolute Gasteiger partial charge is 0.251 e. The zero-order chi connectivity index (χ0) is 15.4. The first-order valence-corrected chi connectivity index (χ1v) is 7.96. The van der Waals surface area contributed by atoms with Gasteiger partial charge in [0.05, 0.1) is 6.04 Å². The van der Waals surface area contributed by atoms with Gasteiger partial charge in [-0.05, 0) is 49.1 Å². The summed E-state index contributed by atoms with van der Waals surface area (Å²) in [5.41, 5.74) is 4.21. The maximum absolute atomic E-state index is 12.3. The van der Waals surface area contributed by atoms with Crippen molar-refractivity contribution in [2.75, 3.05) is 0 Å². The zero-order valence-corrected chi connectivity index (χ0v) is 14.2. The van der Waals surface area contributed by atoms with Gasteiger partial charge < -0.3 is 5.32 Å². The molecule has 0 aliphatic heterocycles. The number of carbonyl (C=O) groups excluding carboxylic acids is 1. The molecule has 3 heteroatoms. The van der Waals surface area contributed by atoms with Crippen molar-refractivity contribution in [1.29, 1.82) is 0 Å². The molecule has 0 saturated carbocycles. The van der Waals surface area contributed by atoms with Crippen LogP contribution in [0.15, 0.2) is 46.9 Å². The molecule has 2 aromatic rings. The summed E-state index contributed by atoms with van der Waals surface area (Å²) in [4.78, 5) is 12.3. The van der Waals surface area contributed by atoms with Crippen molar-refractivity contribution >= 4 is 21.8 Å². The predicted molar refractivity (Wildman–Crippen MR) is 90.6 cm³/mol. The minimum atomic E-state index is -0.0530. The molecule has 1 unspecified atom stereocenters. The molecule has 1 amide bonds. The molecule has 0 bridgehead atoms. The highest BCUT2D eigenvalue weighted by molar-refractivity contribution is 9.10. The van der Waals surface area contributed by atoms with Gasteiger partial charge in [-0.1, -0.05) is 53.2 Å². The lowest BCUT2D eigenvalue weighted by atomic mass is 10.0. The molecular formula is C18H20BrNO. The summed E-state index contributed by atoms with van der Waals surface area (Å²) in [5.74, 6) is -0.0530. The van der Waals surface area contributed by atoms with Gasteiger partial charge in [-0.15, -0.1) is 0 Å². The van der Waals surface area contributed by atoms with Crippen LogP contribution in [0.25, 0.3) is 0 Å². The summed E-state index contributed by atoms with van der Waals surface area (Å²) in [6, 6.07) is 14.0. The van der Waals surface area contributed by atoms with Gasteiger partial charge in [0.2, 0.25) is 0 Å². The van der Waals surface area contributed by atoms with Crippen LogP contribution < -0.4 is 5.32 Å². The lowest BCUT2D eigenvalue weighted by molar-refractivity contribution is 0.0940. The number of amides is 1. The first kappa shape index (κ1) is 15.8. The Labute approximate surface area is 134 Å². The van der Waals surface area contributed by atoms with Crippen LogP contribution in [0.3, 0.4) is 0 Å². The Hall–Kier alpha value is -1.61. The van der Waals surface area contributed by atoms with Crippen molar-refractivity contribution in [3.63, 3.8) is 0 Å². The Morgan fingerprint density at radius 1 is 1.19 bits per heavy atom. The van der Waals surface area contributed by atoms with Crippen LogP contribution in [-0.2, 0) is 6.42 Å². The van der Waals surface area contributed by atoms with E-state index in [0.29, 0.717) is 5.56 Å². The molecule has 0 spiro atoms. The number of aryl methyl sites for hydroxylation is 2. The number of rotatable bonds is 4. The van der Waals surface area contributed by atoms with E-state index in [-0.39, 0.29) is 11.9 Å². The molecule has 0 heterocycles. The highest BCUT2D eigenvalue weighted by atomic mass is 79.9. The van der Waals surface area contributed by atoms with E-state index in [1.54, 1.807) is 0 Å². The number of benzene rings is 2. The Balaban J connectivity index is 2.08. The molecule has 0 fully saturated rings. The molecule has 0 aliphatic carbocycles. The number of hydrogen-bond acceptors (Lipinski definition) is 1. The number of nitrogens with one attached hydrogen (secondary N) is 1. The number of halogens is 1. The van der Waals surface area contributed by atoms with Crippen molar-refractivity contribution in [2.24, 2.45) is 0 Å². The molecule has 1 atom stereocenters. The SMILES string of the molecule is CCc1ccc(C(C)NC(=O)c2ccc(C)c(Br)c2)cc1. The second kappa shape index (κ2) is 6.90. The van der Waals surface area contributed by atoms with E-state index in [9.17, 15) is 4.79 Å². The van der Waals surface area contributed by atoms with Gasteiger partial charge in [-0.25, -0.2) is 0 Å². The van der Waals surface area contributed by atoms with Crippen molar-refractivity contribution < 1.29 is 4.79 Å². The van der Waals surface area contributed by atoms with Gasteiger partial charge in [0.15, 0.2) is 0 Å². The maximum Gasteiger partial charge on any atom is 0.251 e. The van der Waals surface area contributed by atoms with Crippen LogP contribution in [0.1, 0.15) is 46.9 Å². The van der Waals surface area contributed by atoms with Gasteiger partial charge in [-0.3, -0.25) is 4.79 Å². The Morgan fingerprint density at radius 2 is 1.86 bits per heavy atom. The van der Waals surface area contributed by atoms with Crippen molar-refractivity contribution in [3.8, 4) is 0 Å². The van der Waals surface area contributed by atoms with Gasteiger partial charge in [0, 0.05) is 10.0 Å². The third-order valence-electron chi connectivity index (χ3n) is 3.67. The van der Waals surface area contributed by atoms with Crippen LogP contribution in [0.4, 0.5) is 0 Å². The molecule has 0 aliphatic rings.